The Hall–Kier alpha value is -1.42. The third-order valence-electron chi connectivity index (χ3n) is 2.66. The van der Waals surface area contributed by atoms with Crippen LogP contribution in [0.4, 0.5) is 0 Å². The van der Waals surface area contributed by atoms with E-state index in [1.54, 1.807) is 0 Å². The van der Waals surface area contributed by atoms with Gasteiger partial charge in [0.05, 0.1) is 6.61 Å². The average molecular weight is 310 g/mol. The number of aliphatic hydroxyl groups is 1. The molecule has 0 spiro atoms. The summed E-state index contributed by atoms with van der Waals surface area (Å²) >= 11 is 0. The van der Waals surface area contributed by atoms with Crippen LogP contribution in [0.2, 0.25) is 0 Å². The summed E-state index contributed by atoms with van der Waals surface area (Å²) in [7, 11) is -3.57. The second-order valence-corrected chi connectivity index (χ2v) is 7.66. The number of hydrogen-bond donors (Lipinski definition) is 2. The molecule has 1 aromatic rings. The maximum atomic E-state index is 12.2. The molecule has 0 bridgehead atoms. The number of rotatable bonds is 5. The van der Waals surface area contributed by atoms with Crippen LogP contribution in [-0.2, 0) is 10.0 Å². The quantitative estimate of drug-likeness (QED) is 0.808. The van der Waals surface area contributed by atoms with E-state index in [9.17, 15) is 8.42 Å². The maximum Gasteiger partial charge on any atom is 0.242 e. The summed E-state index contributed by atoms with van der Waals surface area (Å²) in [5.74, 6) is 5.51. The fourth-order valence-corrected chi connectivity index (χ4v) is 2.52. The van der Waals surface area contributed by atoms with E-state index in [2.05, 4.69) is 42.3 Å². The fraction of sp³-hybridized carbons (Fsp3) is 0.533. The van der Waals surface area contributed by atoms with Gasteiger partial charge in [-0.2, -0.15) is 0 Å². The third-order valence-corrected chi connectivity index (χ3v) is 4.09. The first-order valence-electron chi connectivity index (χ1n) is 6.79. The summed E-state index contributed by atoms with van der Waals surface area (Å²) in [4.78, 5) is 4.01. The second-order valence-electron chi connectivity index (χ2n) is 5.89. The van der Waals surface area contributed by atoms with Crippen molar-refractivity contribution in [1.82, 2.24) is 9.71 Å². The summed E-state index contributed by atoms with van der Waals surface area (Å²) in [5, 5.41) is 8.67. The standard InChI is InChI=1S/C15H22N2O3S/c1-15(2,3)7-8-17-21(19,20)14-10-13(11-16-12-14)6-4-5-9-18/h10-12,17-18H,5,7-9H2,1-3H3. The lowest BCUT2D eigenvalue weighted by Crippen LogP contribution is -2.27. The minimum absolute atomic E-state index is 0.0211. The summed E-state index contributed by atoms with van der Waals surface area (Å²) in [6, 6.07) is 1.48. The van der Waals surface area contributed by atoms with E-state index in [0.717, 1.165) is 6.42 Å². The van der Waals surface area contributed by atoms with Gasteiger partial charge in [0.25, 0.3) is 0 Å². The molecular weight excluding hydrogens is 288 g/mol. The van der Waals surface area contributed by atoms with Crippen LogP contribution in [0, 0.1) is 17.3 Å². The molecule has 0 unspecified atom stereocenters. The van der Waals surface area contributed by atoms with Crippen LogP contribution in [-0.4, -0.2) is 31.7 Å². The SMILES string of the molecule is CC(C)(C)CCNS(=O)(=O)c1cncc(C#CCCO)c1. The van der Waals surface area contributed by atoms with E-state index in [1.165, 1.54) is 18.5 Å². The number of aliphatic hydroxyl groups excluding tert-OH is 1. The molecule has 0 saturated heterocycles. The lowest BCUT2D eigenvalue weighted by atomic mass is 9.93. The van der Waals surface area contributed by atoms with E-state index < -0.39 is 10.0 Å². The molecule has 6 heteroatoms. The zero-order valence-electron chi connectivity index (χ0n) is 12.7. The van der Waals surface area contributed by atoms with Gasteiger partial charge >= 0.3 is 0 Å². The zero-order valence-corrected chi connectivity index (χ0v) is 13.5. The van der Waals surface area contributed by atoms with Crippen LogP contribution in [0.15, 0.2) is 23.4 Å². The normalized spacial score (nSPS) is 11.8. The van der Waals surface area contributed by atoms with E-state index in [1.807, 2.05) is 0 Å². The number of nitrogens with zero attached hydrogens (tertiary/aromatic N) is 1. The van der Waals surface area contributed by atoms with E-state index >= 15 is 0 Å². The first-order valence-corrected chi connectivity index (χ1v) is 8.27. The van der Waals surface area contributed by atoms with Gasteiger partial charge in [0, 0.05) is 30.9 Å². The molecule has 1 rings (SSSR count). The monoisotopic (exact) mass is 310 g/mol. The van der Waals surface area contributed by atoms with Crippen LogP contribution < -0.4 is 4.72 Å². The van der Waals surface area contributed by atoms with E-state index in [0.29, 0.717) is 18.5 Å². The minimum atomic E-state index is -3.57. The van der Waals surface area contributed by atoms with Crippen molar-refractivity contribution in [2.24, 2.45) is 5.41 Å². The zero-order chi connectivity index (χ0) is 15.9. The van der Waals surface area contributed by atoms with Crippen molar-refractivity contribution < 1.29 is 13.5 Å². The summed E-state index contributed by atoms with van der Waals surface area (Å²) in [6.45, 7) is 6.53. The Balaban J connectivity index is 2.80. The molecule has 5 nitrogen and oxygen atoms in total. The van der Waals surface area contributed by atoms with Gasteiger partial charge in [-0.1, -0.05) is 32.6 Å². The van der Waals surface area contributed by atoms with Crippen LogP contribution in [0.25, 0.3) is 0 Å². The van der Waals surface area contributed by atoms with Crippen LogP contribution >= 0.6 is 0 Å². The Morgan fingerprint density at radius 1 is 1.33 bits per heavy atom. The van der Waals surface area contributed by atoms with Crippen molar-refractivity contribution in [3.05, 3.63) is 24.0 Å². The predicted molar refractivity (Wildman–Crippen MR) is 82.1 cm³/mol. The maximum absolute atomic E-state index is 12.2. The molecule has 0 radical (unpaired) electrons. The first-order chi connectivity index (χ1) is 9.74. The number of pyridine rings is 1. The molecule has 116 valence electrons. The average Bonchev–Trinajstić information content (AvgIpc) is 2.37. The van der Waals surface area contributed by atoms with Gasteiger partial charge in [0.1, 0.15) is 4.90 Å². The molecular formula is C15H22N2O3S. The van der Waals surface area contributed by atoms with Gasteiger partial charge in [-0.05, 0) is 17.9 Å². The number of nitrogens with one attached hydrogen (secondary N) is 1. The van der Waals surface area contributed by atoms with Crippen molar-refractivity contribution in [2.45, 2.75) is 38.5 Å². The molecule has 0 aromatic carbocycles. The topological polar surface area (TPSA) is 79.3 Å². The Labute approximate surface area is 126 Å². The summed E-state index contributed by atoms with van der Waals surface area (Å²) in [6.07, 6.45) is 3.89. The first kappa shape index (κ1) is 17.6. The molecule has 0 amide bonds. The van der Waals surface area contributed by atoms with Crippen LogP contribution in [0.1, 0.15) is 39.2 Å². The van der Waals surface area contributed by atoms with Gasteiger partial charge < -0.3 is 5.11 Å². The highest BCUT2D eigenvalue weighted by atomic mass is 32.2. The number of sulfonamides is 1. The van der Waals surface area contributed by atoms with Crippen molar-refractivity contribution in [3.8, 4) is 11.8 Å². The minimum Gasteiger partial charge on any atom is -0.395 e. The molecule has 0 fully saturated rings. The second kappa shape index (κ2) is 7.55. The smallest absolute Gasteiger partial charge is 0.242 e. The van der Waals surface area contributed by atoms with E-state index in [4.69, 9.17) is 5.11 Å². The Morgan fingerprint density at radius 2 is 2.05 bits per heavy atom. The van der Waals surface area contributed by atoms with Crippen molar-refractivity contribution in [3.63, 3.8) is 0 Å². The van der Waals surface area contributed by atoms with Crippen molar-refractivity contribution in [1.29, 1.82) is 0 Å². The molecule has 0 aliphatic carbocycles. The van der Waals surface area contributed by atoms with E-state index in [-0.39, 0.29) is 16.9 Å². The predicted octanol–water partition coefficient (Wildman–Crippen LogP) is 1.53. The molecule has 0 atom stereocenters. The molecule has 1 heterocycles. The molecule has 21 heavy (non-hydrogen) atoms. The van der Waals surface area contributed by atoms with Crippen molar-refractivity contribution in [2.75, 3.05) is 13.2 Å². The lowest BCUT2D eigenvalue weighted by molar-refractivity contribution is 0.305. The van der Waals surface area contributed by atoms with Gasteiger partial charge in [-0.3, -0.25) is 4.98 Å². The molecule has 2 N–H and O–H groups in total. The Morgan fingerprint density at radius 3 is 2.67 bits per heavy atom. The van der Waals surface area contributed by atoms with Crippen molar-refractivity contribution >= 4 is 10.0 Å². The highest BCUT2D eigenvalue weighted by Crippen LogP contribution is 2.18. The van der Waals surface area contributed by atoms with Gasteiger partial charge in [-0.15, -0.1) is 0 Å². The van der Waals surface area contributed by atoms with Gasteiger partial charge in [0.2, 0.25) is 10.0 Å². The molecule has 0 aliphatic heterocycles. The lowest BCUT2D eigenvalue weighted by Gasteiger charge is -2.18. The fourth-order valence-electron chi connectivity index (χ4n) is 1.50. The van der Waals surface area contributed by atoms with Crippen LogP contribution in [0.5, 0.6) is 0 Å². The largest absolute Gasteiger partial charge is 0.395 e. The highest BCUT2D eigenvalue weighted by Gasteiger charge is 2.16. The third kappa shape index (κ3) is 6.71. The summed E-state index contributed by atoms with van der Waals surface area (Å²) in [5.41, 5.74) is 0.584. The highest BCUT2D eigenvalue weighted by molar-refractivity contribution is 7.89. The number of hydrogen-bond acceptors (Lipinski definition) is 4. The number of aromatic nitrogens is 1. The Bertz CT molecular complexity index is 622. The molecule has 1 aromatic heterocycles. The van der Waals surface area contributed by atoms with Crippen LogP contribution in [0.3, 0.4) is 0 Å². The molecule has 0 aliphatic rings. The summed E-state index contributed by atoms with van der Waals surface area (Å²) < 4.78 is 26.9. The van der Waals surface area contributed by atoms with Gasteiger partial charge in [0.15, 0.2) is 0 Å². The molecule has 0 saturated carbocycles. The van der Waals surface area contributed by atoms with Gasteiger partial charge in [-0.25, -0.2) is 13.1 Å². The Kier molecular flexibility index (Phi) is 6.34.